The fourth-order valence-electron chi connectivity index (χ4n) is 2.47. The number of aliphatic hydroxyl groups is 1. The molecule has 0 aromatic carbocycles. The highest BCUT2D eigenvalue weighted by molar-refractivity contribution is 7.71. The Morgan fingerprint density at radius 3 is 2.28 bits per heavy atom. The fourth-order valence-corrected chi connectivity index (χ4v) is 5.65. The van der Waals surface area contributed by atoms with Crippen molar-refractivity contribution >= 4 is 35.7 Å². The average molecular weight is 552 g/mol. The maximum absolute atomic E-state index is 15.0. The molecular weight excluding hydrogens is 538 g/mol. The zero-order valence-electron chi connectivity index (χ0n) is 15.1. The summed E-state index contributed by atoms with van der Waals surface area (Å²) < 4.78 is 92.5. The van der Waals surface area contributed by atoms with Crippen molar-refractivity contribution in [2.75, 3.05) is 13.3 Å². The van der Waals surface area contributed by atoms with Gasteiger partial charge in [0.2, 0.25) is 5.67 Å². The summed E-state index contributed by atoms with van der Waals surface area (Å²) in [4.78, 5) is 49.2. The fraction of sp³-hybridized carbons (Fsp3) is 0.600. The Morgan fingerprint density at radius 2 is 1.78 bits per heavy atom. The number of halogens is 3. The van der Waals surface area contributed by atoms with Crippen LogP contribution in [0.1, 0.15) is 6.23 Å². The highest BCUT2D eigenvalue weighted by atomic mass is 32.1. The van der Waals surface area contributed by atoms with Gasteiger partial charge in [-0.1, -0.05) is 12.2 Å². The number of nitrogens with zero attached hydrogens (tertiary/aromatic N) is 1. The molecule has 184 valence electrons. The van der Waals surface area contributed by atoms with E-state index >= 15 is 8.78 Å². The van der Waals surface area contributed by atoms with Crippen molar-refractivity contribution in [3.63, 3.8) is 0 Å². The Morgan fingerprint density at radius 1 is 1.19 bits per heavy atom. The molecule has 32 heavy (non-hydrogen) atoms. The number of phosphoric acid groups is 3. The molecule has 0 radical (unpaired) electrons. The summed E-state index contributed by atoms with van der Waals surface area (Å²) in [5.74, 6) is -3.84. The third-order valence-electron chi connectivity index (χ3n) is 3.73. The highest BCUT2D eigenvalue weighted by Gasteiger charge is 2.67. The summed E-state index contributed by atoms with van der Waals surface area (Å²) in [5.41, 5.74) is -4.85. The third kappa shape index (κ3) is 6.21. The van der Waals surface area contributed by atoms with Crippen LogP contribution in [0.15, 0.2) is 17.1 Å². The Labute approximate surface area is 179 Å². The van der Waals surface area contributed by atoms with E-state index in [2.05, 4.69) is 30.1 Å². The van der Waals surface area contributed by atoms with Gasteiger partial charge in [0.25, 0.3) is 5.85 Å². The van der Waals surface area contributed by atoms with E-state index in [1.54, 1.807) is 0 Å². The van der Waals surface area contributed by atoms with E-state index in [-0.39, 0.29) is 9.21 Å². The molecule has 2 rings (SSSR count). The number of phosphoric ester groups is 1. The van der Waals surface area contributed by atoms with Gasteiger partial charge in [0.1, 0.15) is 17.9 Å². The first-order chi connectivity index (χ1) is 14.3. The number of aromatic amines is 1. The minimum atomic E-state index is -5.96. The number of rotatable bonds is 9. The van der Waals surface area contributed by atoms with E-state index in [1.165, 1.54) is 0 Å². The smallest absolute Gasteiger partial charge is 0.383 e. The summed E-state index contributed by atoms with van der Waals surface area (Å²) in [6, 6.07) is 1.01. The van der Waals surface area contributed by atoms with Crippen LogP contribution in [0.25, 0.3) is 0 Å². The monoisotopic (exact) mass is 552 g/mol. The van der Waals surface area contributed by atoms with Gasteiger partial charge in [0.05, 0.1) is 0 Å². The highest BCUT2D eigenvalue weighted by Crippen LogP contribution is 2.66. The number of hydrogen-bond acceptors (Lipinski definition) is 10. The molecule has 1 aromatic heterocycles. The maximum atomic E-state index is 15.0. The topological polar surface area (TPSA) is 227 Å². The van der Waals surface area contributed by atoms with Crippen molar-refractivity contribution in [1.29, 1.82) is 0 Å². The number of alkyl halides is 3. The second kappa shape index (κ2) is 9.11. The van der Waals surface area contributed by atoms with Gasteiger partial charge in [-0.05, 0) is 6.07 Å². The van der Waals surface area contributed by atoms with Crippen molar-refractivity contribution in [3.8, 4) is 0 Å². The Kier molecular flexibility index (Phi) is 7.82. The van der Waals surface area contributed by atoms with Gasteiger partial charge in [0.15, 0.2) is 12.3 Å². The zero-order chi connectivity index (χ0) is 24.8. The lowest BCUT2D eigenvalue weighted by molar-refractivity contribution is -0.204. The summed E-state index contributed by atoms with van der Waals surface area (Å²) in [6.07, 6.45) is -4.81. The van der Waals surface area contributed by atoms with Crippen LogP contribution in [-0.4, -0.2) is 65.1 Å². The molecule has 1 saturated heterocycles. The number of hydrogen-bond donors (Lipinski definition) is 6. The van der Waals surface area contributed by atoms with Crippen molar-refractivity contribution < 1.29 is 69.4 Å². The average Bonchev–Trinajstić information content (AvgIpc) is 2.80. The van der Waals surface area contributed by atoms with Gasteiger partial charge in [-0.25, -0.2) is 31.7 Å². The number of aliphatic hydroxyl groups excluding tert-OH is 1. The molecule has 0 bridgehead atoms. The van der Waals surface area contributed by atoms with Crippen molar-refractivity contribution in [2.24, 2.45) is 0 Å². The third-order valence-corrected chi connectivity index (χ3v) is 7.75. The first-order valence-corrected chi connectivity index (χ1v) is 12.7. The minimum Gasteiger partial charge on any atom is -0.383 e. The second-order valence-corrected chi connectivity index (χ2v) is 11.0. The molecule has 6 N–H and O–H groups in total. The molecule has 0 amide bonds. The SMILES string of the molecule is O=c1[nH]c(=S)ccn1[C@@H]1O[C@](F)(COP(=O)(O)OP(=O)(O)OP(=O)(O)O)C(O)[C@]1(F)CF. The number of H-pyrrole nitrogens is 1. The zero-order valence-corrected chi connectivity index (χ0v) is 18.6. The Balaban J connectivity index is 2.27. The van der Waals surface area contributed by atoms with Gasteiger partial charge >= 0.3 is 29.2 Å². The normalized spacial score (nSPS) is 32.4. The van der Waals surface area contributed by atoms with Gasteiger partial charge < -0.3 is 29.4 Å². The maximum Gasteiger partial charge on any atom is 0.490 e. The lowest BCUT2D eigenvalue weighted by atomic mass is 9.96. The predicted octanol–water partition coefficient (Wildman–Crippen LogP) is 0.482. The lowest BCUT2D eigenvalue weighted by Crippen LogP contribution is -2.50. The molecule has 6 atom stereocenters. The Bertz CT molecular complexity index is 1130. The molecule has 0 spiro atoms. The van der Waals surface area contributed by atoms with Crippen molar-refractivity contribution in [3.05, 3.63) is 27.4 Å². The summed E-state index contributed by atoms with van der Waals surface area (Å²) in [5, 5.41) is 9.94. The van der Waals surface area contributed by atoms with E-state index in [9.17, 15) is 32.9 Å². The molecule has 2 heterocycles. The first-order valence-electron chi connectivity index (χ1n) is 7.74. The van der Waals surface area contributed by atoms with E-state index in [0.717, 1.165) is 12.3 Å². The largest absolute Gasteiger partial charge is 0.490 e. The van der Waals surface area contributed by atoms with E-state index < -0.39 is 66.3 Å². The summed E-state index contributed by atoms with van der Waals surface area (Å²) >= 11 is 4.65. The molecule has 1 fully saturated rings. The number of aromatic nitrogens is 2. The molecule has 3 unspecified atom stereocenters. The minimum absolute atomic E-state index is 0.145. The van der Waals surface area contributed by atoms with Crippen molar-refractivity contribution in [1.82, 2.24) is 9.55 Å². The van der Waals surface area contributed by atoms with Crippen LogP contribution in [-0.2, 0) is 31.6 Å². The van der Waals surface area contributed by atoms with Gasteiger partial charge in [-0.15, -0.1) is 0 Å². The van der Waals surface area contributed by atoms with Crippen molar-refractivity contribution in [2.45, 2.75) is 23.9 Å². The van der Waals surface area contributed by atoms with Gasteiger partial charge in [-0.2, -0.15) is 8.62 Å². The van der Waals surface area contributed by atoms with E-state index in [1.807, 2.05) is 4.98 Å². The van der Waals surface area contributed by atoms with Crippen LogP contribution in [0.5, 0.6) is 0 Å². The van der Waals surface area contributed by atoms with Crippen LogP contribution in [0.2, 0.25) is 0 Å². The molecule has 15 nitrogen and oxygen atoms in total. The van der Waals surface area contributed by atoms with Crippen LogP contribution in [0.4, 0.5) is 13.2 Å². The molecule has 1 aliphatic heterocycles. The molecule has 22 heteroatoms. The second-order valence-electron chi connectivity index (χ2n) is 6.10. The lowest BCUT2D eigenvalue weighted by Gasteiger charge is -2.26. The molecule has 1 aromatic rings. The quantitative estimate of drug-likeness (QED) is 0.181. The van der Waals surface area contributed by atoms with E-state index in [4.69, 9.17) is 14.7 Å². The number of nitrogens with one attached hydrogen (secondary N) is 1. The van der Waals surface area contributed by atoms with Gasteiger partial charge in [0, 0.05) is 6.20 Å². The molecule has 1 aliphatic rings. The molecule has 0 aliphatic carbocycles. The van der Waals surface area contributed by atoms with Gasteiger partial charge in [-0.3, -0.25) is 14.1 Å². The Hall–Kier alpha value is -0.780. The van der Waals surface area contributed by atoms with Crippen LogP contribution in [0, 0.1) is 4.64 Å². The number of ether oxygens (including phenoxy) is 1. The summed E-state index contributed by atoms with van der Waals surface area (Å²) in [6.45, 7) is -4.08. The summed E-state index contributed by atoms with van der Waals surface area (Å²) in [7, 11) is -17.6. The predicted molar refractivity (Wildman–Crippen MR) is 95.5 cm³/mol. The first kappa shape index (κ1) is 27.5. The van der Waals surface area contributed by atoms with Crippen LogP contribution < -0.4 is 5.69 Å². The standard InChI is InChI=1S/C10H14F3N2O13P3S/c11-3-9(12)6(16)10(13,26-7(9)15-2-1-5(32)14-8(15)17)4-25-30(21,22)28-31(23,24)27-29(18,19)20/h1-2,6-7,16H,3-4H2,(H,21,22)(H,23,24)(H,14,17,32)(H2,18,19,20)/t6?,7-,9-,10-/m1/s1. The molecule has 0 saturated carbocycles. The van der Waals surface area contributed by atoms with Crippen LogP contribution in [0.3, 0.4) is 0 Å². The van der Waals surface area contributed by atoms with E-state index in [0.29, 0.717) is 0 Å². The van der Waals surface area contributed by atoms with Crippen LogP contribution >= 0.6 is 35.7 Å². The molecular formula is C10H14F3N2O13P3S.